The molecule has 0 aliphatic heterocycles. The van der Waals surface area contributed by atoms with Gasteiger partial charge in [0.05, 0.1) is 13.7 Å². The van der Waals surface area contributed by atoms with E-state index in [0.29, 0.717) is 17.4 Å². The maximum absolute atomic E-state index is 5.82. The molecule has 0 N–H and O–H groups in total. The van der Waals surface area contributed by atoms with Crippen LogP contribution in [0.2, 0.25) is 5.02 Å². The molecule has 0 fully saturated rings. The molecule has 0 bridgehead atoms. The third kappa shape index (κ3) is 3.11. The fourth-order valence-corrected chi connectivity index (χ4v) is 1.25. The lowest BCUT2D eigenvalue weighted by Crippen LogP contribution is -1.98. The smallest absolute Gasteiger partial charge is 0.162 e. The molecule has 0 atom stereocenters. The molecular weight excluding hydrogens is 200 g/mol. The van der Waals surface area contributed by atoms with Crippen LogP contribution in [-0.4, -0.2) is 13.7 Å². The van der Waals surface area contributed by atoms with Crippen molar-refractivity contribution in [3.05, 3.63) is 23.2 Å². The summed E-state index contributed by atoms with van der Waals surface area (Å²) in [4.78, 5) is 0. The van der Waals surface area contributed by atoms with Crippen molar-refractivity contribution >= 4 is 11.6 Å². The van der Waals surface area contributed by atoms with Crippen molar-refractivity contribution in [1.29, 1.82) is 0 Å². The molecule has 14 heavy (non-hydrogen) atoms. The largest absolute Gasteiger partial charge is 0.493 e. The molecule has 0 saturated heterocycles. The van der Waals surface area contributed by atoms with E-state index in [2.05, 4.69) is 6.92 Å². The lowest BCUT2D eigenvalue weighted by Gasteiger charge is -2.10. The van der Waals surface area contributed by atoms with Gasteiger partial charge in [0.2, 0.25) is 0 Å². The monoisotopic (exact) mass is 214 g/mol. The molecule has 0 heterocycles. The van der Waals surface area contributed by atoms with Crippen LogP contribution in [0.4, 0.5) is 0 Å². The molecule has 0 aliphatic carbocycles. The standard InChI is InChI=1S/C11H15ClO2/c1-3-4-7-14-10-6-5-9(12)8-11(10)13-2/h5-6,8H,3-4,7H2,1-2H3. The van der Waals surface area contributed by atoms with Gasteiger partial charge in [0.25, 0.3) is 0 Å². The molecule has 3 heteroatoms. The summed E-state index contributed by atoms with van der Waals surface area (Å²) in [6.45, 7) is 2.84. The fraction of sp³-hybridized carbons (Fsp3) is 0.455. The molecule has 0 radical (unpaired) electrons. The van der Waals surface area contributed by atoms with E-state index in [9.17, 15) is 0 Å². The lowest BCUT2D eigenvalue weighted by atomic mass is 10.3. The number of rotatable bonds is 5. The highest BCUT2D eigenvalue weighted by molar-refractivity contribution is 6.30. The minimum Gasteiger partial charge on any atom is -0.493 e. The van der Waals surface area contributed by atoms with Crippen molar-refractivity contribution < 1.29 is 9.47 Å². The minimum absolute atomic E-state index is 0.657. The molecule has 0 aliphatic rings. The van der Waals surface area contributed by atoms with Crippen molar-refractivity contribution in [2.24, 2.45) is 0 Å². The van der Waals surface area contributed by atoms with Gasteiger partial charge in [-0.05, 0) is 18.6 Å². The zero-order valence-corrected chi connectivity index (χ0v) is 9.30. The molecule has 0 aromatic heterocycles. The third-order valence-electron chi connectivity index (χ3n) is 1.88. The molecule has 2 nitrogen and oxygen atoms in total. The molecule has 78 valence electrons. The normalized spacial score (nSPS) is 9.93. The number of unbranched alkanes of at least 4 members (excludes halogenated alkanes) is 1. The minimum atomic E-state index is 0.657. The van der Waals surface area contributed by atoms with E-state index >= 15 is 0 Å². The van der Waals surface area contributed by atoms with Gasteiger partial charge < -0.3 is 9.47 Å². The van der Waals surface area contributed by atoms with Gasteiger partial charge in [-0.15, -0.1) is 0 Å². The van der Waals surface area contributed by atoms with E-state index in [1.165, 1.54) is 0 Å². The van der Waals surface area contributed by atoms with Crippen LogP contribution in [0.1, 0.15) is 19.8 Å². The quantitative estimate of drug-likeness (QED) is 0.699. The van der Waals surface area contributed by atoms with Crippen LogP contribution in [0, 0.1) is 0 Å². The van der Waals surface area contributed by atoms with Gasteiger partial charge in [0, 0.05) is 11.1 Å². The highest BCUT2D eigenvalue weighted by atomic mass is 35.5. The summed E-state index contributed by atoms with van der Waals surface area (Å²) in [6.07, 6.45) is 2.17. The van der Waals surface area contributed by atoms with E-state index in [0.717, 1.165) is 18.6 Å². The third-order valence-corrected chi connectivity index (χ3v) is 2.12. The molecular formula is C11H15ClO2. The topological polar surface area (TPSA) is 18.5 Å². The summed E-state index contributed by atoms with van der Waals surface area (Å²) in [7, 11) is 1.61. The van der Waals surface area contributed by atoms with Crippen molar-refractivity contribution in [2.75, 3.05) is 13.7 Å². The average Bonchev–Trinajstić information content (AvgIpc) is 2.20. The van der Waals surface area contributed by atoms with Gasteiger partial charge >= 0.3 is 0 Å². The Morgan fingerprint density at radius 3 is 2.71 bits per heavy atom. The molecule has 1 aromatic carbocycles. The molecule has 0 amide bonds. The van der Waals surface area contributed by atoms with Gasteiger partial charge in [-0.1, -0.05) is 24.9 Å². The molecule has 1 aromatic rings. The molecule has 0 spiro atoms. The molecule has 1 rings (SSSR count). The summed E-state index contributed by atoms with van der Waals surface area (Å²) in [6, 6.07) is 5.38. The van der Waals surface area contributed by atoms with E-state index in [4.69, 9.17) is 21.1 Å². The Kier molecular flexibility index (Phi) is 4.60. The average molecular weight is 215 g/mol. The van der Waals surface area contributed by atoms with E-state index < -0.39 is 0 Å². The molecule has 0 unspecified atom stereocenters. The SMILES string of the molecule is CCCCOc1ccc(Cl)cc1OC. The predicted octanol–water partition coefficient (Wildman–Crippen LogP) is 3.53. The number of hydrogen-bond donors (Lipinski definition) is 0. The first kappa shape index (κ1) is 11.2. The summed E-state index contributed by atoms with van der Waals surface area (Å²) >= 11 is 5.82. The van der Waals surface area contributed by atoms with Crippen molar-refractivity contribution in [2.45, 2.75) is 19.8 Å². The Bertz CT molecular complexity index is 287. The van der Waals surface area contributed by atoms with Crippen molar-refractivity contribution in [3.63, 3.8) is 0 Å². The summed E-state index contributed by atoms with van der Waals surface area (Å²) in [5, 5.41) is 0.657. The van der Waals surface area contributed by atoms with Crippen LogP contribution >= 0.6 is 11.6 Å². The summed E-state index contributed by atoms with van der Waals surface area (Å²) < 4.78 is 10.7. The first-order valence-corrected chi connectivity index (χ1v) is 5.12. The highest BCUT2D eigenvalue weighted by Crippen LogP contribution is 2.29. The zero-order valence-electron chi connectivity index (χ0n) is 8.55. The van der Waals surface area contributed by atoms with Gasteiger partial charge in [-0.3, -0.25) is 0 Å². The Labute approximate surface area is 89.8 Å². The van der Waals surface area contributed by atoms with Crippen molar-refractivity contribution in [1.82, 2.24) is 0 Å². The highest BCUT2D eigenvalue weighted by Gasteiger charge is 2.03. The van der Waals surface area contributed by atoms with Crippen LogP contribution in [0.3, 0.4) is 0 Å². The number of benzene rings is 1. The fourth-order valence-electron chi connectivity index (χ4n) is 1.09. The van der Waals surface area contributed by atoms with E-state index in [-0.39, 0.29) is 0 Å². The number of methoxy groups -OCH3 is 1. The van der Waals surface area contributed by atoms with Crippen LogP contribution in [0.5, 0.6) is 11.5 Å². The van der Waals surface area contributed by atoms with Crippen LogP contribution < -0.4 is 9.47 Å². The Hall–Kier alpha value is -0.890. The van der Waals surface area contributed by atoms with Crippen LogP contribution in [-0.2, 0) is 0 Å². The first-order chi connectivity index (χ1) is 6.77. The lowest BCUT2D eigenvalue weighted by molar-refractivity contribution is 0.288. The van der Waals surface area contributed by atoms with Gasteiger partial charge in [0.15, 0.2) is 11.5 Å². The number of halogens is 1. The van der Waals surface area contributed by atoms with Crippen LogP contribution in [0.15, 0.2) is 18.2 Å². The van der Waals surface area contributed by atoms with Gasteiger partial charge in [-0.25, -0.2) is 0 Å². The van der Waals surface area contributed by atoms with E-state index in [1.807, 2.05) is 6.07 Å². The summed E-state index contributed by atoms with van der Waals surface area (Å²) in [5.41, 5.74) is 0. The second-order valence-electron chi connectivity index (χ2n) is 3.00. The van der Waals surface area contributed by atoms with Gasteiger partial charge in [-0.2, -0.15) is 0 Å². The molecule has 0 saturated carbocycles. The maximum atomic E-state index is 5.82. The Morgan fingerprint density at radius 1 is 1.29 bits per heavy atom. The predicted molar refractivity (Wildman–Crippen MR) is 58.4 cm³/mol. The number of ether oxygens (including phenoxy) is 2. The van der Waals surface area contributed by atoms with Crippen molar-refractivity contribution in [3.8, 4) is 11.5 Å². The van der Waals surface area contributed by atoms with Gasteiger partial charge in [0.1, 0.15) is 0 Å². The number of hydrogen-bond acceptors (Lipinski definition) is 2. The second-order valence-corrected chi connectivity index (χ2v) is 3.43. The zero-order chi connectivity index (χ0) is 10.4. The van der Waals surface area contributed by atoms with Crippen LogP contribution in [0.25, 0.3) is 0 Å². The first-order valence-electron chi connectivity index (χ1n) is 4.74. The Morgan fingerprint density at radius 2 is 2.07 bits per heavy atom. The summed E-state index contributed by atoms with van der Waals surface area (Å²) in [5.74, 6) is 1.44. The maximum Gasteiger partial charge on any atom is 0.162 e. The second kappa shape index (κ2) is 5.76. The Balaban J connectivity index is 2.65. The van der Waals surface area contributed by atoms with E-state index in [1.54, 1.807) is 19.2 Å².